The van der Waals surface area contributed by atoms with Crippen LogP contribution in [0.25, 0.3) is 10.9 Å². The Morgan fingerprint density at radius 1 is 0.963 bits per heavy atom. The van der Waals surface area contributed by atoms with E-state index in [1.807, 2.05) is 64.1 Å². The van der Waals surface area contributed by atoms with Crippen molar-refractivity contribution < 1.29 is 9.47 Å². The minimum atomic E-state index is 0.0188. The van der Waals surface area contributed by atoms with Gasteiger partial charge in [0.25, 0.3) is 0 Å². The zero-order chi connectivity index (χ0) is 19.4. The third-order valence-electron chi connectivity index (χ3n) is 3.72. The minimum absolute atomic E-state index is 0.0188. The van der Waals surface area contributed by atoms with Gasteiger partial charge in [-0.05, 0) is 52.0 Å². The van der Waals surface area contributed by atoms with E-state index in [-0.39, 0.29) is 12.2 Å². The largest absolute Gasteiger partial charge is 0.487 e. The molecule has 0 unspecified atom stereocenters. The van der Waals surface area contributed by atoms with Crippen LogP contribution in [-0.4, -0.2) is 22.2 Å². The van der Waals surface area contributed by atoms with Gasteiger partial charge in [-0.1, -0.05) is 12.0 Å². The van der Waals surface area contributed by atoms with Gasteiger partial charge < -0.3 is 14.8 Å². The molecule has 5 heteroatoms. The highest BCUT2D eigenvalue weighted by Gasteiger charge is 2.14. The molecule has 0 fully saturated rings. The van der Waals surface area contributed by atoms with Crippen molar-refractivity contribution in [2.45, 2.75) is 39.9 Å². The maximum absolute atomic E-state index is 5.96. The number of hydrogen-bond acceptors (Lipinski definition) is 5. The number of benzene rings is 2. The molecule has 0 radical (unpaired) electrons. The van der Waals surface area contributed by atoms with Gasteiger partial charge in [0, 0.05) is 22.7 Å². The fourth-order valence-corrected chi connectivity index (χ4v) is 2.68. The molecule has 27 heavy (non-hydrogen) atoms. The number of anilines is 2. The van der Waals surface area contributed by atoms with Gasteiger partial charge in [0.1, 0.15) is 12.1 Å². The predicted molar refractivity (Wildman–Crippen MR) is 109 cm³/mol. The van der Waals surface area contributed by atoms with Crippen LogP contribution in [0, 0.1) is 12.3 Å². The predicted octanol–water partition coefficient (Wildman–Crippen LogP) is 4.93. The van der Waals surface area contributed by atoms with Gasteiger partial charge in [-0.3, -0.25) is 0 Å². The van der Waals surface area contributed by atoms with Crippen molar-refractivity contribution in [1.29, 1.82) is 0 Å². The van der Waals surface area contributed by atoms with Gasteiger partial charge in [-0.15, -0.1) is 6.42 Å². The summed E-state index contributed by atoms with van der Waals surface area (Å²) in [5, 5.41) is 4.16. The number of aromatic nitrogens is 2. The lowest BCUT2D eigenvalue weighted by atomic mass is 10.1. The van der Waals surface area contributed by atoms with Crippen molar-refractivity contribution in [3.05, 3.63) is 48.3 Å². The molecule has 0 amide bonds. The lowest BCUT2D eigenvalue weighted by molar-refractivity contribution is 0.199. The van der Waals surface area contributed by atoms with E-state index in [2.05, 4.69) is 21.2 Å². The van der Waals surface area contributed by atoms with Crippen molar-refractivity contribution in [2.24, 2.45) is 0 Å². The molecule has 0 atom stereocenters. The highest BCUT2D eigenvalue weighted by atomic mass is 16.5. The second kappa shape index (κ2) is 7.96. The second-order valence-electron chi connectivity index (χ2n) is 6.72. The van der Waals surface area contributed by atoms with Crippen LogP contribution in [0.4, 0.5) is 11.5 Å². The molecule has 138 valence electrons. The van der Waals surface area contributed by atoms with Gasteiger partial charge in [0.15, 0.2) is 11.5 Å². The Morgan fingerprint density at radius 3 is 2.33 bits per heavy atom. The van der Waals surface area contributed by atoms with Gasteiger partial charge in [0.2, 0.25) is 0 Å². The number of nitrogens with one attached hydrogen (secondary N) is 1. The zero-order valence-electron chi connectivity index (χ0n) is 16.0. The molecule has 0 saturated heterocycles. The summed E-state index contributed by atoms with van der Waals surface area (Å²) in [6, 6.07) is 11.4. The standard InChI is InChI=1S/C22H23N3O2/c1-6-16-8-7-9-17(10-16)25-22-18-11-20(26-14(2)3)21(27-15(4)5)12-19(18)23-13-24-22/h1,7-15H,2-5H3,(H,23,24,25). The van der Waals surface area contributed by atoms with Crippen LogP contribution >= 0.6 is 0 Å². The fraction of sp³-hybridized carbons (Fsp3) is 0.273. The summed E-state index contributed by atoms with van der Waals surface area (Å²) < 4.78 is 11.9. The third-order valence-corrected chi connectivity index (χ3v) is 3.72. The lowest BCUT2D eigenvalue weighted by Crippen LogP contribution is -2.11. The van der Waals surface area contributed by atoms with E-state index in [0.717, 1.165) is 22.2 Å². The van der Waals surface area contributed by atoms with E-state index in [1.165, 1.54) is 6.33 Å². The van der Waals surface area contributed by atoms with Gasteiger partial charge >= 0.3 is 0 Å². The van der Waals surface area contributed by atoms with Crippen LogP contribution in [-0.2, 0) is 0 Å². The van der Waals surface area contributed by atoms with Crippen molar-refractivity contribution in [2.75, 3.05) is 5.32 Å². The molecule has 0 aliphatic rings. The molecule has 0 aliphatic heterocycles. The molecule has 5 nitrogen and oxygen atoms in total. The van der Waals surface area contributed by atoms with E-state index >= 15 is 0 Å². The molecular formula is C22H23N3O2. The number of hydrogen-bond donors (Lipinski definition) is 1. The normalized spacial score (nSPS) is 10.9. The van der Waals surface area contributed by atoms with E-state index in [9.17, 15) is 0 Å². The van der Waals surface area contributed by atoms with E-state index < -0.39 is 0 Å². The molecule has 3 aromatic rings. The first-order valence-corrected chi connectivity index (χ1v) is 8.92. The summed E-state index contributed by atoms with van der Waals surface area (Å²) in [6.07, 6.45) is 7.07. The van der Waals surface area contributed by atoms with Crippen LogP contribution in [0.15, 0.2) is 42.7 Å². The third kappa shape index (κ3) is 4.48. The van der Waals surface area contributed by atoms with E-state index in [1.54, 1.807) is 0 Å². The first-order valence-electron chi connectivity index (χ1n) is 8.92. The van der Waals surface area contributed by atoms with Crippen molar-refractivity contribution in [3.8, 4) is 23.8 Å². The van der Waals surface area contributed by atoms with Gasteiger partial charge in [-0.25, -0.2) is 9.97 Å². The van der Waals surface area contributed by atoms with E-state index in [4.69, 9.17) is 15.9 Å². The van der Waals surface area contributed by atoms with Crippen LogP contribution in [0.3, 0.4) is 0 Å². The highest BCUT2D eigenvalue weighted by Crippen LogP contribution is 2.36. The topological polar surface area (TPSA) is 56.3 Å². The van der Waals surface area contributed by atoms with Crippen molar-refractivity contribution in [1.82, 2.24) is 9.97 Å². The molecule has 1 N–H and O–H groups in total. The summed E-state index contributed by atoms with van der Waals surface area (Å²) in [5.74, 6) is 4.66. The summed E-state index contributed by atoms with van der Waals surface area (Å²) >= 11 is 0. The first-order chi connectivity index (χ1) is 13.0. The fourth-order valence-electron chi connectivity index (χ4n) is 2.68. The van der Waals surface area contributed by atoms with Crippen LogP contribution < -0.4 is 14.8 Å². The van der Waals surface area contributed by atoms with Crippen molar-refractivity contribution in [3.63, 3.8) is 0 Å². The molecule has 0 saturated carbocycles. The van der Waals surface area contributed by atoms with Crippen LogP contribution in [0.1, 0.15) is 33.3 Å². The quantitative estimate of drug-likeness (QED) is 0.631. The smallest absolute Gasteiger partial charge is 0.163 e. The molecule has 0 aliphatic carbocycles. The van der Waals surface area contributed by atoms with Crippen LogP contribution in [0.2, 0.25) is 0 Å². The highest BCUT2D eigenvalue weighted by molar-refractivity contribution is 5.93. The Kier molecular flexibility index (Phi) is 5.46. The molecule has 1 aromatic heterocycles. The van der Waals surface area contributed by atoms with Gasteiger partial charge in [0.05, 0.1) is 17.7 Å². The Hall–Kier alpha value is -3.26. The molecule has 0 bridgehead atoms. The lowest BCUT2D eigenvalue weighted by Gasteiger charge is -2.18. The molecule has 0 spiro atoms. The summed E-state index contributed by atoms with van der Waals surface area (Å²) in [5.41, 5.74) is 2.43. The Balaban J connectivity index is 2.07. The molecule has 3 rings (SSSR count). The Morgan fingerprint density at radius 2 is 1.67 bits per heavy atom. The Bertz CT molecular complexity index is 991. The first kappa shape index (κ1) is 18.5. The summed E-state index contributed by atoms with van der Waals surface area (Å²) in [6.45, 7) is 7.92. The molecular weight excluding hydrogens is 338 g/mol. The number of ether oxygens (including phenoxy) is 2. The average Bonchev–Trinajstić information content (AvgIpc) is 2.62. The Labute approximate surface area is 159 Å². The number of terminal acetylenes is 1. The molecule has 2 aromatic carbocycles. The second-order valence-corrected chi connectivity index (χ2v) is 6.72. The summed E-state index contributed by atoms with van der Waals surface area (Å²) in [7, 11) is 0. The molecule has 1 heterocycles. The monoisotopic (exact) mass is 361 g/mol. The van der Waals surface area contributed by atoms with Crippen LogP contribution in [0.5, 0.6) is 11.5 Å². The number of rotatable bonds is 6. The maximum atomic E-state index is 5.96. The maximum Gasteiger partial charge on any atom is 0.163 e. The number of fused-ring (bicyclic) bond motifs is 1. The zero-order valence-corrected chi connectivity index (χ0v) is 16.0. The van der Waals surface area contributed by atoms with Crippen molar-refractivity contribution >= 4 is 22.4 Å². The van der Waals surface area contributed by atoms with E-state index in [0.29, 0.717) is 17.3 Å². The SMILES string of the molecule is C#Cc1cccc(Nc2ncnc3cc(OC(C)C)c(OC(C)C)cc23)c1. The minimum Gasteiger partial charge on any atom is -0.487 e. The summed E-state index contributed by atoms with van der Waals surface area (Å²) in [4.78, 5) is 8.78. The van der Waals surface area contributed by atoms with Gasteiger partial charge in [-0.2, -0.15) is 0 Å². The number of nitrogens with zero attached hydrogens (tertiary/aromatic N) is 2. The average molecular weight is 361 g/mol.